The van der Waals surface area contributed by atoms with Gasteiger partial charge in [-0.2, -0.15) is 0 Å². The van der Waals surface area contributed by atoms with Gasteiger partial charge in [0.25, 0.3) is 0 Å². The van der Waals surface area contributed by atoms with Gasteiger partial charge in [0.1, 0.15) is 0 Å². The minimum atomic E-state index is 0.369. The van der Waals surface area contributed by atoms with Crippen LogP contribution in [0.25, 0.3) is 0 Å². The van der Waals surface area contributed by atoms with Crippen LogP contribution in [0.15, 0.2) is 0 Å². The van der Waals surface area contributed by atoms with Crippen LogP contribution in [-0.2, 0) is 4.74 Å². The average Bonchev–Trinajstić information content (AvgIpc) is 2.48. The number of rotatable bonds is 3. The van der Waals surface area contributed by atoms with E-state index in [1.54, 1.807) is 0 Å². The van der Waals surface area contributed by atoms with Crippen LogP contribution in [0, 0.1) is 11.3 Å². The largest absolute Gasteiger partial charge is 0.374 e. The highest BCUT2D eigenvalue weighted by Crippen LogP contribution is 2.53. The number of hydrogen-bond donors (Lipinski definition) is 1. The van der Waals surface area contributed by atoms with Crippen molar-refractivity contribution in [1.29, 1.82) is 0 Å². The lowest BCUT2D eigenvalue weighted by molar-refractivity contribution is -0.185. The molecule has 0 amide bonds. The summed E-state index contributed by atoms with van der Waals surface area (Å²) in [4.78, 5) is 0. The van der Waals surface area contributed by atoms with Crippen LogP contribution in [0.2, 0.25) is 0 Å². The molecule has 1 spiro atoms. The molecular formula is C17H31NO. The Labute approximate surface area is 118 Å². The van der Waals surface area contributed by atoms with E-state index in [-0.39, 0.29) is 0 Å². The molecule has 0 saturated heterocycles. The fourth-order valence-corrected chi connectivity index (χ4v) is 4.90. The molecule has 0 heterocycles. The van der Waals surface area contributed by atoms with Crippen LogP contribution in [0.4, 0.5) is 0 Å². The molecule has 4 unspecified atom stereocenters. The van der Waals surface area contributed by atoms with Crippen LogP contribution in [0.5, 0.6) is 0 Å². The highest BCUT2D eigenvalue weighted by molar-refractivity contribution is 5.08. The standard InChI is InChI=1S/C17H31NO/c1-2-13-8-4-5-9-14(13)19-16-12-15(18)17(16)10-6-3-7-11-17/h13-16H,2-12,18H2,1H3. The number of ether oxygens (including phenoxy) is 1. The first-order valence-corrected chi connectivity index (χ1v) is 8.67. The summed E-state index contributed by atoms with van der Waals surface area (Å²) in [6, 6.07) is 0.418. The summed E-state index contributed by atoms with van der Waals surface area (Å²) in [6.45, 7) is 2.33. The zero-order chi connectivity index (χ0) is 13.3. The molecule has 2 heteroatoms. The van der Waals surface area contributed by atoms with Crippen molar-refractivity contribution in [3.8, 4) is 0 Å². The van der Waals surface area contributed by atoms with E-state index in [0.29, 0.717) is 23.7 Å². The average molecular weight is 265 g/mol. The van der Waals surface area contributed by atoms with Crippen molar-refractivity contribution in [3.05, 3.63) is 0 Å². The molecule has 3 aliphatic carbocycles. The molecule has 3 rings (SSSR count). The SMILES string of the molecule is CCC1CCCCC1OC1CC(N)C12CCCCC2. The Bertz CT molecular complexity index is 298. The van der Waals surface area contributed by atoms with E-state index < -0.39 is 0 Å². The van der Waals surface area contributed by atoms with Gasteiger partial charge in [-0.05, 0) is 38.0 Å². The number of nitrogens with two attached hydrogens (primary N) is 1. The van der Waals surface area contributed by atoms with Crippen molar-refractivity contribution in [1.82, 2.24) is 0 Å². The Morgan fingerprint density at radius 2 is 1.79 bits per heavy atom. The van der Waals surface area contributed by atoms with Gasteiger partial charge in [-0.1, -0.05) is 45.4 Å². The smallest absolute Gasteiger partial charge is 0.0665 e. The van der Waals surface area contributed by atoms with E-state index in [2.05, 4.69) is 6.92 Å². The van der Waals surface area contributed by atoms with E-state index >= 15 is 0 Å². The maximum atomic E-state index is 6.61. The Balaban J connectivity index is 1.62. The van der Waals surface area contributed by atoms with Gasteiger partial charge in [-0.3, -0.25) is 0 Å². The Hall–Kier alpha value is -0.0800. The fourth-order valence-electron chi connectivity index (χ4n) is 4.90. The number of hydrogen-bond acceptors (Lipinski definition) is 2. The molecule has 3 saturated carbocycles. The van der Waals surface area contributed by atoms with Gasteiger partial charge in [-0.15, -0.1) is 0 Å². The Kier molecular flexibility index (Phi) is 4.19. The molecule has 0 aromatic heterocycles. The molecule has 3 fully saturated rings. The molecule has 0 bridgehead atoms. The monoisotopic (exact) mass is 265 g/mol. The minimum Gasteiger partial charge on any atom is -0.374 e. The third-order valence-electron chi connectivity index (χ3n) is 6.33. The zero-order valence-corrected chi connectivity index (χ0v) is 12.6. The van der Waals surface area contributed by atoms with E-state index in [0.717, 1.165) is 12.3 Å². The van der Waals surface area contributed by atoms with Gasteiger partial charge < -0.3 is 10.5 Å². The highest BCUT2D eigenvalue weighted by atomic mass is 16.5. The van der Waals surface area contributed by atoms with E-state index in [1.165, 1.54) is 64.2 Å². The molecule has 110 valence electrons. The minimum absolute atomic E-state index is 0.369. The van der Waals surface area contributed by atoms with Crippen LogP contribution in [0.3, 0.4) is 0 Å². The maximum absolute atomic E-state index is 6.61. The van der Waals surface area contributed by atoms with Gasteiger partial charge in [-0.25, -0.2) is 0 Å². The second-order valence-corrected chi connectivity index (χ2v) is 7.25. The summed E-state index contributed by atoms with van der Waals surface area (Å²) in [7, 11) is 0. The second-order valence-electron chi connectivity index (χ2n) is 7.25. The summed E-state index contributed by atoms with van der Waals surface area (Å²) < 4.78 is 6.61. The topological polar surface area (TPSA) is 35.2 Å². The summed E-state index contributed by atoms with van der Waals surface area (Å²) in [5.41, 5.74) is 6.74. The van der Waals surface area contributed by atoms with Crippen molar-refractivity contribution < 1.29 is 4.74 Å². The predicted octanol–water partition coefficient (Wildman–Crippen LogP) is 4.02. The van der Waals surface area contributed by atoms with Crippen molar-refractivity contribution >= 4 is 0 Å². The van der Waals surface area contributed by atoms with E-state index in [9.17, 15) is 0 Å². The first kappa shape index (κ1) is 13.9. The third kappa shape index (κ3) is 2.47. The van der Waals surface area contributed by atoms with Crippen molar-refractivity contribution in [3.63, 3.8) is 0 Å². The fraction of sp³-hybridized carbons (Fsp3) is 1.00. The molecule has 2 nitrogen and oxygen atoms in total. The lowest BCUT2D eigenvalue weighted by Gasteiger charge is -2.57. The molecule has 3 aliphatic rings. The maximum Gasteiger partial charge on any atom is 0.0665 e. The summed E-state index contributed by atoms with van der Waals surface area (Å²) >= 11 is 0. The first-order valence-electron chi connectivity index (χ1n) is 8.67. The van der Waals surface area contributed by atoms with Gasteiger partial charge in [0.15, 0.2) is 0 Å². The van der Waals surface area contributed by atoms with Gasteiger partial charge >= 0.3 is 0 Å². The molecule has 0 aromatic carbocycles. The molecule has 0 radical (unpaired) electrons. The summed E-state index contributed by atoms with van der Waals surface area (Å²) in [5, 5.41) is 0. The van der Waals surface area contributed by atoms with E-state index in [4.69, 9.17) is 10.5 Å². The zero-order valence-electron chi connectivity index (χ0n) is 12.6. The summed E-state index contributed by atoms with van der Waals surface area (Å²) in [5.74, 6) is 0.811. The van der Waals surface area contributed by atoms with Crippen LogP contribution >= 0.6 is 0 Å². The molecular weight excluding hydrogens is 234 g/mol. The second kappa shape index (κ2) is 5.73. The lowest BCUT2D eigenvalue weighted by Crippen LogP contribution is -2.63. The molecule has 4 atom stereocenters. The third-order valence-corrected chi connectivity index (χ3v) is 6.33. The predicted molar refractivity (Wildman–Crippen MR) is 79.0 cm³/mol. The van der Waals surface area contributed by atoms with Crippen molar-refractivity contribution in [2.24, 2.45) is 17.1 Å². The van der Waals surface area contributed by atoms with Gasteiger partial charge in [0.2, 0.25) is 0 Å². The Morgan fingerprint density at radius 3 is 2.47 bits per heavy atom. The van der Waals surface area contributed by atoms with E-state index in [1.807, 2.05) is 0 Å². The normalized spacial score (nSPS) is 42.0. The molecule has 2 N–H and O–H groups in total. The van der Waals surface area contributed by atoms with Gasteiger partial charge in [0.05, 0.1) is 12.2 Å². The van der Waals surface area contributed by atoms with Crippen LogP contribution < -0.4 is 5.73 Å². The molecule has 0 aliphatic heterocycles. The highest BCUT2D eigenvalue weighted by Gasteiger charge is 2.54. The van der Waals surface area contributed by atoms with Crippen LogP contribution in [-0.4, -0.2) is 18.2 Å². The summed E-state index contributed by atoms with van der Waals surface area (Å²) in [6.07, 6.45) is 15.7. The Morgan fingerprint density at radius 1 is 1.05 bits per heavy atom. The van der Waals surface area contributed by atoms with Crippen LogP contribution in [0.1, 0.15) is 77.6 Å². The van der Waals surface area contributed by atoms with Crippen molar-refractivity contribution in [2.45, 2.75) is 95.8 Å². The lowest BCUT2D eigenvalue weighted by atomic mass is 9.55. The van der Waals surface area contributed by atoms with Gasteiger partial charge in [0, 0.05) is 11.5 Å². The quantitative estimate of drug-likeness (QED) is 0.836. The van der Waals surface area contributed by atoms with Crippen molar-refractivity contribution in [2.75, 3.05) is 0 Å². The molecule has 19 heavy (non-hydrogen) atoms. The molecule has 0 aromatic rings. The first-order chi connectivity index (χ1) is 9.26.